The quantitative estimate of drug-likeness (QED) is 0.832. The fourth-order valence-corrected chi connectivity index (χ4v) is 3.96. The SMILES string of the molecule is CCN(C)c1ccc(C(=O)N2CCN(C(=O)C3CCCCC3)CC2)cc1. The van der Waals surface area contributed by atoms with Crippen molar-refractivity contribution in [1.82, 2.24) is 9.80 Å². The largest absolute Gasteiger partial charge is 0.375 e. The standard InChI is InChI=1S/C21H31N3O2/c1-3-22(2)19-11-9-18(10-12-19)21(26)24-15-13-23(14-16-24)20(25)17-7-5-4-6-8-17/h9-12,17H,3-8,13-16H2,1-2H3. The van der Waals surface area contributed by atoms with E-state index >= 15 is 0 Å². The molecule has 0 unspecified atom stereocenters. The summed E-state index contributed by atoms with van der Waals surface area (Å²) in [7, 11) is 2.04. The van der Waals surface area contributed by atoms with Crippen molar-refractivity contribution >= 4 is 17.5 Å². The van der Waals surface area contributed by atoms with Gasteiger partial charge in [0.2, 0.25) is 5.91 Å². The number of benzene rings is 1. The molecular formula is C21H31N3O2. The van der Waals surface area contributed by atoms with Gasteiger partial charge in [0.1, 0.15) is 0 Å². The van der Waals surface area contributed by atoms with Crippen molar-refractivity contribution in [3.63, 3.8) is 0 Å². The molecular weight excluding hydrogens is 326 g/mol. The molecule has 0 aromatic heterocycles. The summed E-state index contributed by atoms with van der Waals surface area (Å²) in [6.45, 7) is 5.63. The van der Waals surface area contributed by atoms with Crippen molar-refractivity contribution in [2.45, 2.75) is 39.0 Å². The molecule has 1 aliphatic carbocycles. The van der Waals surface area contributed by atoms with Crippen LogP contribution in [0.1, 0.15) is 49.4 Å². The average molecular weight is 357 g/mol. The second-order valence-electron chi connectivity index (χ2n) is 7.51. The summed E-state index contributed by atoms with van der Waals surface area (Å²) in [5.41, 5.74) is 1.84. The maximum atomic E-state index is 12.7. The Morgan fingerprint density at radius 3 is 2.12 bits per heavy atom. The topological polar surface area (TPSA) is 43.9 Å². The minimum atomic E-state index is 0.0699. The molecule has 0 radical (unpaired) electrons. The fourth-order valence-electron chi connectivity index (χ4n) is 3.96. The van der Waals surface area contributed by atoms with E-state index in [1.54, 1.807) is 0 Å². The molecule has 1 saturated heterocycles. The van der Waals surface area contributed by atoms with Gasteiger partial charge in [-0.1, -0.05) is 19.3 Å². The van der Waals surface area contributed by atoms with Crippen LogP contribution in [0.5, 0.6) is 0 Å². The van der Waals surface area contributed by atoms with Crippen molar-refractivity contribution in [2.24, 2.45) is 5.92 Å². The van der Waals surface area contributed by atoms with Gasteiger partial charge >= 0.3 is 0 Å². The zero-order chi connectivity index (χ0) is 18.5. The van der Waals surface area contributed by atoms with Gasteiger partial charge in [-0.2, -0.15) is 0 Å². The van der Waals surface area contributed by atoms with Crippen molar-refractivity contribution in [3.8, 4) is 0 Å². The molecule has 5 heteroatoms. The van der Waals surface area contributed by atoms with E-state index < -0.39 is 0 Å². The number of rotatable bonds is 4. The lowest BCUT2D eigenvalue weighted by Crippen LogP contribution is -2.52. The normalized spacial score (nSPS) is 18.7. The highest BCUT2D eigenvalue weighted by Crippen LogP contribution is 2.26. The van der Waals surface area contributed by atoms with Gasteiger partial charge in [-0.15, -0.1) is 0 Å². The second kappa shape index (κ2) is 8.56. The fraction of sp³-hybridized carbons (Fsp3) is 0.619. The Kier molecular flexibility index (Phi) is 6.17. The van der Waals surface area contributed by atoms with Crippen LogP contribution in [0.4, 0.5) is 5.69 Å². The number of hydrogen-bond acceptors (Lipinski definition) is 3. The van der Waals surface area contributed by atoms with Crippen LogP contribution < -0.4 is 4.90 Å². The molecule has 1 aliphatic heterocycles. The molecule has 0 N–H and O–H groups in total. The zero-order valence-corrected chi connectivity index (χ0v) is 16.1. The maximum absolute atomic E-state index is 12.7. The lowest BCUT2D eigenvalue weighted by molar-refractivity contribution is -0.138. The highest BCUT2D eigenvalue weighted by atomic mass is 16.2. The third-order valence-electron chi connectivity index (χ3n) is 5.86. The van der Waals surface area contributed by atoms with Gasteiger partial charge in [0.05, 0.1) is 0 Å². The Labute approximate surface area is 156 Å². The third kappa shape index (κ3) is 4.19. The number of carbonyl (C=O) groups excluding carboxylic acids is 2. The van der Waals surface area contributed by atoms with Gasteiger partial charge in [-0.25, -0.2) is 0 Å². The third-order valence-corrected chi connectivity index (χ3v) is 5.86. The summed E-state index contributed by atoms with van der Waals surface area (Å²) >= 11 is 0. The summed E-state index contributed by atoms with van der Waals surface area (Å²) in [6, 6.07) is 7.81. The lowest BCUT2D eigenvalue weighted by atomic mass is 9.88. The van der Waals surface area contributed by atoms with Gasteiger partial charge in [-0.05, 0) is 44.0 Å². The first-order valence-corrected chi connectivity index (χ1v) is 9.99. The Morgan fingerprint density at radius 2 is 1.54 bits per heavy atom. The van der Waals surface area contributed by atoms with Crippen molar-refractivity contribution in [3.05, 3.63) is 29.8 Å². The van der Waals surface area contributed by atoms with Gasteiger partial charge in [0, 0.05) is 56.9 Å². The van der Waals surface area contributed by atoms with Gasteiger partial charge in [-0.3, -0.25) is 9.59 Å². The van der Waals surface area contributed by atoms with E-state index in [1.807, 2.05) is 41.1 Å². The van der Waals surface area contributed by atoms with Crippen molar-refractivity contribution in [2.75, 3.05) is 44.7 Å². The first-order valence-electron chi connectivity index (χ1n) is 9.99. The molecule has 3 rings (SSSR count). The van der Waals surface area contributed by atoms with E-state index in [1.165, 1.54) is 19.3 Å². The Hall–Kier alpha value is -2.04. The van der Waals surface area contributed by atoms with Crippen molar-refractivity contribution in [1.29, 1.82) is 0 Å². The highest BCUT2D eigenvalue weighted by molar-refractivity contribution is 5.94. The first-order chi connectivity index (χ1) is 12.6. The molecule has 2 amide bonds. The van der Waals surface area contributed by atoms with E-state index in [0.717, 1.165) is 30.6 Å². The first kappa shape index (κ1) is 18.7. The molecule has 1 aromatic rings. The highest BCUT2D eigenvalue weighted by Gasteiger charge is 2.29. The van der Waals surface area contributed by atoms with Crippen LogP contribution in [0.3, 0.4) is 0 Å². The number of hydrogen-bond donors (Lipinski definition) is 0. The van der Waals surface area contributed by atoms with E-state index in [9.17, 15) is 9.59 Å². The minimum Gasteiger partial charge on any atom is -0.375 e. The minimum absolute atomic E-state index is 0.0699. The van der Waals surface area contributed by atoms with Crippen LogP contribution in [0, 0.1) is 5.92 Å². The van der Waals surface area contributed by atoms with Crippen LogP contribution in [-0.4, -0.2) is 61.4 Å². The predicted molar refractivity (Wildman–Crippen MR) is 104 cm³/mol. The van der Waals surface area contributed by atoms with Crippen molar-refractivity contribution < 1.29 is 9.59 Å². The van der Waals surface area contributed by atoms with E-state index in [4.69, 9.17) is 0 Å². The number of amides is 2. The molecule has 0 spiro atoms. The van der Waals surface area contributed by atoms with Crippen LogP contribution in [0.25, 0.3) is 0 Å². The molecule has 0 atom stereocenters. The summed E-state index contributed by atoms with van der Waals surface area (Å²) in [6.07, 6.45) is 5.70. The Balaban J connectivity index is 1.54. The van der Waals surface area contributed by atoms with E-state index in [-0.39, 0.29) is 11.8 Å². The molecule has 142 valence electrons. The van der Waals surface area contributed by atoms with Crippen LogP contribution in [-0.2, 0) is 4.79 Å². The van der Waals surface area contributed by atoms with Gasteiger partial charge in [0.25, 0.3) is 5.91 Å². The Morgan fingerprint density at radius 1 is 0.962 bits per heavy atom. The van der Waals surface area contributed by atoms with Crippen LogP contribution in [0.15, 0.2) is 24.3 Å². The van der Waals surface area contributed by atoms with E-state index in [2.05, 4.69) is 11.8 Å². The molecule has 2 fully saturated rings. The smallest absolute Gasteiger partial charge is 0.253 e. The van der Waals surface area contributed by atoms with Crippen LogP contribution in [0.2, 0.25) is 0 Å². The summed E-state index contributed by atoms with van der Waals surface area (Å²) in [4.78, 5) is 31.4. The summed E-state index contributed by atoms with van der Waals surface area (Å²) < 4.78 is 0. The number of carbonyl (C=O) groups is 2. The average Bonchev–Trinajstić information content (AvgIpc) is 2.73. The number of anilines is 1. The molecule has 0 bridgehead atoms. The summed E-state index contributed by atoms with van der Waals surface area (Å²) in [5.74, 6) is 0.596. The van der Waals surface area contributed by atoms with Gasteiger partial charge < -0.3 is 14.7 Å². The molecule has 5 nitrogen and oxygen atoms in total. The van der Waals surface area contributed by atoms with E-state index in [0.29, 0.717) is 32.1 Å². The molecule has 1 saturated carbocycles. The lowest BCUT2D eigenvalue weighted by Gasteiger charge is -2.37. The monoisotopic (exact) mass is 357 g/mol. The second-order valence-corrected chi connectivity index (χ2v) is 7.51. The molecule has 1 heterocycles. The molecule has 2 aliphatic rings. The molecule has 26 heavy (non-hydrogen) atoms. The number of nitrogens with zero attached hydrogens (tertiary/aromatic N) is 3. The van der Waals surface area contributed by atoms with Gasteiger partial charge in [0.15, 0.2) is 0 Å². The molecule has 1 aromatic carbocycles. The number of piperazine rings is 1. The maximum Gasteiger partial charge on any atom is 0.253 e. The summed E-state index contributed by atoms with van der Waals surface area (Å²) in [5, 5.41) is 0. The Bertz CT molecular complexity index is 615. The predicted octanol–water partition coefficient (Wildman–Crippen LogP) is 3.01. The zero-order valence-electron chi connectivity index (χ0n) is 16.1. The van der Waals surface area contributed by atoms with Crippen LogP contribution >= 0.6 is 0 Å².